The summed E-state index contributed by atoms with van der Waals surface area (Å²) in [6, 6.07) is 12.9. The van der Waals surface area contributed by atoms with Crippen LogP contribution in [0, 0.1) is 0 Å². The highest BCUT2D eigenvalue weighted by Crippen LogP contribution is 2.30. The molecule has 1 aliphatic heterocycles. The minimum absolute atomic E-state index is 0.0162. The number of hydrogen-bond acceptors (Lipinski definition) is 4. The first-order valence-electron chi connectivity index (χ1n) is 8.98. The molecule has 0 spiro atoms. The van der Waals surface area contributed by atoms with Crippen molar-refractivity contribution in [3.8, 4) is 11.3 Å². The molecule has 1 aromatic carbocycles. The fourth-order valence-electron chi connectivity index (χ4n) is 3.17. The van der Waals surface area contributed by atoms with Crippen molar-refractivity contribution in [2.45, 2.75) is 26.3 Å². The standard InChI is InChI=1S/C21H20N2O4/c1-2-20(24)22-16-7-5-14(6-8-16)19-12-15-13-23(10-9-17(15)27-19)21(25)18-4-3-11-26-18/h3-8,11-12H,2,9-10,13H2,1H3,(H,22,24). The van der Waals surface area contributed by atoms with Gasteiger partial charge in [-0.2, -0.15) is 0 Å². The van der Waals surface area contributed by atoms with Crippen LogP contribution in [0.5, 0.6) is 0 Å². The maximum Gasteiger partial charge on any atom is 0.289 e. The second-order valence-electron chi connectivity index (χ2n) is 6.49. The molecule has 0 unspecified atom stereocenters. The van der Waals surface area contributed by atoms with Gasteiger partial charge < -0.3 is 19.1 Å². The molecule has 2 aromatic heterocycles. The SMILES string of the molecule is CCC(=O)Nc1ccc(-c2cc3c(o2)CCN(C(=O)c2ccco2)C3)cc1. The van der Waals surface area contributed by atoms with Crippen LogP contribution in [-0.2, 0) is 17.8 Å². The van der Waals surface area contributed by atoms with Gasteiger partial charge in [-0.25, -0.2) is 0 Å². The number of rotatable bonds is 4. The van der Waals surface area contributed by atoms with Crippen molar-refractivity contribution in [3.63, 3.8) is 0 Å². The van der Waals surface area contributed by atoms with Gasteiger partial charge in [-0.3, -0.25) is 9.59 Å². The van der Waals surface area contributed by atoms with E-state index in [1.807, 2.05) is 37.3 Å². The van der Waals surface area contributed by atoms with Crippen LogP contribution < -0.4 is 5.32 Å². The van der Waals surface area contributed by atoms with Gasteiger partial charge in [-0.05, 0) is 42.5 Å². The van der Waals surface area contributed by atoms with E-state index in [-0.39, 0.29) is 11.8 Å². The first kappa shape index (κ1) is 17.1. The number of nitrogens with zero attached hydrogens (tertiary/aromatic N) is 1. The van der Waals surface area contributed by atoms with Gasteiger partial charge in [0.15, 0.2) is 5.76 Å². The molecule has 2 amide bonds. The third-order valence-corrected chi connectivity index (χ3v) is 4.66. The molecule has 3 heterocycles. The Hall–Kier alpha value is -3.28. The topological polar surface area (TPSA) is 75.7 Å². The second kappa shape index (κ2) is 7.15. The smallest absolute Gasteiger partial charge is 0.289 e. The third kappa shape index (κ3) is 3.51. The first-order valence-corrected chi connectivity index (χ1v) is 8.98. The molecule has 0 radical (unpaired) electrons. The first-order chi connectivity index (χ1) is 13.1. The maximum absolute atomic E-state index is 12.5. The number of furan rings is 2. The summed E-state index contributed by atoms with van der Waals surface area (Å²) in [5.74, 6) is 1.91. The van der Waals surface area contributed by atoms with E-state index in [4.69, 9.17) is 8.83 Å². The van der Waals surface area contributed by atoms with Crippen LogP contribution in [0.1, 0.15) is 35.2 Å². The Labute approximate surface area is 156 Å². The molecule has 1 N–H and O–H groups in total. The number of carbonyl (C=O) groups is 2. The predicted molar refractivity (Wildman–Crippen MR) is 100 cm³/mol. The van der Waals surface area contributed by atoms with E-state index < -0.39 is 0 Å². The molecule has 6 heteroatoms. The molecule has 0 atom stereocenters. The number of anilines is 1. The van der Waals surface area contributed by atoms with Crippen LogP contribution in [0.3, 0.4) is 0 Å². The van der Waals surface area contributed by atoms with Crippen LogP contribution in [0.2, 0.25) is 0 Å². The summed E-state index contributed by atoms with van der Waals surface area (Å²) in [4.78, 5) is 25.7. The lowest BCUT2D eigenvalue weighted by atomic mass is 10.1. The van der Waals surface area contributed by atoms with Crippen LogP contribution >= 0.6 is 0 Å². The van der Waals surface area contributed by atoms with Gasteiger partial charge in [-0.15, -0.1) is 0 Å². The highest BCUT2D eigenvalue weighted by atomic mass is 16.3. The molecular weight excluding hydrogens is 344 g/mol. The van der Waals surface area contributed by atoms with Crippen LogP contribution in [0.15, 0.2) is 57.6 Å². The van der Waals surface area contributed by atoms with Crippen molar-refractivity contribution >= 4 is 17.5 Å². The monoisotopic (exact) mass is 364 g/mol. The molecule has 27 heavy (non-hydrogen) atoms. The van der Waals surface area contributed by atoms with Gasteiger partial charge in [0.2, 0.25) is 5.91 Å². The Morgan fingerprint density at radius 3 is 2.70 bits per heavy atom. The fourth-order valence-corrected chi connectivity index (χ4v) is 3.17. The maximum atomic E-state index is 12.5. The van der Waals surface area contributed by atoms with Crippen LogP contribution in [0.4, 0.5) is 5.69 Å². The van der Waals surface area contributed by atoms with Gasteiger partial charge in [0.05, 0.1) is 6.26 Å². The fraction of sp³-hybridized carbons (Fsp3) is 0.238. The van der Waals surface area contributed by atoms with Crippen LogP contribution in [0.25, 0.3) is 11.3 Å². The predicted octanol–water partition coefficient (Wildman–Crippen LogP) is 4.09. The molecule has 1 aliphatic rings. The van der Waals surface area contributed by atoms with E-state index in [1.165, 1.54) is 6.26 Å². The van der Waals surface area contributed by atoms with Crippen molar-refractivity contribution in [1.29, 1.82) is 0 Å². The molecule has 4 rings (SSSR count). The zero-order valence-corrected chi connectivity index (χ0v) is 15.0. The highest BCUT2D eigenvalue weighted by molar-refractivity contribution is 5.91. The van der Waals surface area contributed by atoms with E-state index >= 15 is 0 Å². The van der Waals surface area contributed by atoms with Gasteiger partial charge in [0.1, 0.15) is 11.5 Å². The average molecular weight is 364 g/mol. The van der Waals surface area contributed by atoms with E-state index in [0.29, 0.717) is 31.7 Å². The molecule has 0 saturated carbocycles. The summed E-state index contributed by atoms with van der Waals surface area (Å²) in [5, 5.41) is 2.83. The molecule has 0 saturated heterocycles. The number of nitrogens with one attached hydrogen (secondary N) is 1. The molecule has 0 fully saturated rings. The average Bonchev–Trinajstić information content (AvgIpc) is 3.37. The van der Waals surface area contributed by atoms with E-state index in [0.717, 1.165) is 28.3 Å². The normalized spacial score (nSPS) is 13.3. The highest BCUT2D eigenvalue weighted by Gasteiger charge is 2.26. The molecular formula is C21H20N2O4. The van der Waals surface area contributed by atoms with Gasteiger partial charge >= 0.3 is 0 Å². The van der Waals surface area contributed by atoms with Crippen molar-refractivity contribution in [2.75, 3.05) is 11.9 Å². The summed E-state index contributed by atoms with van der Waals surface area (Å²) in [5.41, 5.74) is 2.71. The zero-order valence-electron chi connectivity index (χ0n) is 15.0. The molecule has 3 aromatic rings. The van der Waals surface area contributed by atoms with Crippen molar-refractivity contribution in [1.82, 2.24) is 4.90 Å². The van der Waals surface area contributed by atoms with Crippen molar-refractivity contribution in [2.24, 2.45) is 0 Å². The molecule has 6 nitrogen and oxygen atoms in total. The summed E-state index contributed by atoms with van der Waals surface area (Å²) < 4.78 is 11.2. The Kier molecular flexibility index (Phi) is 4.54. The summed E-state index contributed by atoms with van der Waals surface area (Å²) in [6.45, 7) is 2.92. The molecule has 0 bridgehead atoms. The number of hydrogen-bond donors (Lipinski definition) is 1. The number of carbonyl (C=O) groups excluding carboxylic acids is 2. The zero-order chi connectivity index (χ0) is 18.8. The quantitative estimate of drug-likeness (QED) is 0.757. The van der Waals surface area contributed by atoms with Crippen molar-refractivity contribution in [3.05, 3.63) is 65.8 Å². The van der Waals surface area contributed by atoms with Crippen LogP contribution in [-0.4, -0.2) is 23.3 Å². The van der Waals surface area contributed by atoms with E-state index in [2.05, 4.69) is 5.32 Å². The minimum Gasteiger partial charge on any atom is -0.461 e. The van der Waals surface area contributed by atoms with Gasteiger partial charge in [0.25, 0.3) is 5.91 Å². The number of benzene rings is 1. The van der Waals surface area contributed by atoms with E-state index in [9.17, 15) is 9.59 Å². The lowest BCUT2D eigenvalue weighted by Crippen LogP contribution is -2.35. The Bertz CT molecular complexity index is 955. The molecule has 0 aliphatic carbocycles. The van der Waals surface area contributed by atoms with Gasteiger partial charge in [0, 0.05) is 42.7 Å². The number of fused-ring (bicyclic) bond motifs is 1. The Morgan fingerprint density at radius 2 is 2.00 bits per heavy atom. The van der Waals surface area contributed by atoms with Gasteiger partial charge in [-0.1, -0.05) is 6.92 Å². The Morgan fingerprint density at radius 1 is 1.19 bits per heavy atom. The summed E-state index contributed by atoms with van der Waals surface area (Å²) >= 11 is 0. The van der Waals surface area contributed by atoms with Crippen molar-refractivity contribution < 1.29 is 18.4 Å². The largest absolute Gasteiger partial charge is 0.461 e. The second-order valence-corrected chi connectivity index (χ2v) is 6.49. The Balaban J connectivity index is 1.50. The van der Waals surface area contributed by atoms with E-state index in [1.54, 1.807) is 17.0 Å². The molecule has 138 valence electrons. The summed E-state index contributed by atoms with van der Waals surface area (Å²) in [7, 11) is 0. The lowest BCUT2D eigenvalue weighted by molar-refractivity contribution is -0.115. The number of amides is 2. The lowest BCUT2D eigenvalue weighted by Gasteiger charge is -2.25. The third-order valence-electron chi connectivity index (χ3n) is 4.66. The summed E-state index contributed by atoms with van der Waals surface area (Å²) in [6.07, 6.45) is 2.62. The minimum atomic E-state index is -0.107.